The van der Waals surface area contributed by atoms with Crippen molar-refractivity contribution in [1.82, 2.24) is 14.4 Å². The zero-order valence-corrected chi connectivity index (χ0v) is 12.7. The van der Waals surface area contributed by atoms with Crippen molar-refractivity contribution in [3.8, 4) is 0 Å². The molecule has 23 heavy (non-hydrogen) atoms. The van der Waals surface area contributed by atoms with E-state index in [2.05, 4.69) is 9.97 Å². The van der Waals surface area contributed by atoms with E-state index in [1.54, 1.807) is 23.4 Å². The first kappa shape index (κ1) is 13.8. The third-order valence-electron chi connectivity index (χ3n) is 4.31. The van der Waals surface area contributed by atoms with E-state index in [9.17, 15) is 9.59 Å². The summed E-state index contributed by atoms with van der Waals surface area (Å²) in [5.41, 5.74) is 3.26. The zero-order chi connectivity index (χ0) is 16.0. The number of nitrogens with zero attached hydrogens (tertiary/aromatic N) is 3. The summed E-state index contributed by atoms with van der Waals surface area (Å²) in [7, 11) is 0. The van der Waals surface area contributed by atoms with E-state index in [0.29, 0.717) is 23.4 Å². The van der Waals surface area contributed by atoms with Crippen LogP contribution in [0.25, 0.3) is 5.65 Å². The highest BCUT2D eigenvalue weighted by atomic mass is 16.2. The summed E-state index contributed by atoms with van der Waals surface area (Å²) in [5, 5.41) is 0. The van der Waals surface area contributed by atoms with Crippen LogP contribution in [0.4, 0.5) is 5.69 Å². The summed E-state index contributed by atoms with van der Waals surface area (Å²) in [5.74, 6) is -0.182. The Kier molecular flexibility index (Phi) is 3.04. The van der Waals surface area contributed by atoms with Crippen LogP contribution in [-0.2, 0) is 6.42 Å². The molecule has 1 aliphatic rings. The van der Waals surface area contributed by atoms with Gasteiger partial charge in [0.2, 0.25) is 0 Å². The average molecular weight is 308 g/mol. The van der Waals surface area contributed by atoms with E-state index >= 15 is 0 Å². The van der Waals surface area contributed by atoms with Crippen LogP contribution in [0.3, 0.4) is 0 Å². The first-order valence-corrected chi connectivity index (χ1v) is 7.62. The number of carbonyl (C=O) groups excluding carboxylic acids is 1. The number of rotatable bonds is 1. The fraction of sp³-hybridized carbons (Fsp3) is 0.235. The summed E-state index contributed by atoms with van der Waals surface area (Å²) in [4.78, 5) is 33.9. The van der Waals surface area contributed by atoms with Gasteiger partial charge in [0.1, 0.15) is 11.3 Å². The molecular formula is C17H16N4O2. The molecule has 0 spiro atoms. The Morgan fingerprint density at radius 3 is 3.09 bits per heavy atom. The molecule has 0 radical (unpaired) electrons. The SMILES string of the molecule is Cc1cnc2c(C(=O)N3CCCc4cc[nH]c(=O)c43)cccn12. The number of pyridine rings is 2. The molecule has 1 aliphatic heterocycles. The Labute approximate surface area is 132 Å². The van der Waals surface area contributed by atoms with E-state index in [4.69, 9.17) is 0 Å². The van der Waals surface area contributed by atoms with E-state index < -0.39 is 0 Å². The molecule has 3 aromatic rings. The normalized spacial score (nSPS) is 14.0. The lowest BCUT2D eigenvalue weighted by molar-refractivity contribution is 0.0986. The lowest BCUT2D eigenvalue weighted by atomic mass is 10.0. The van der Waals surface area contributed by atoms with Gasteiger partial charge in [-0.3, -0.25) is 9.59 Å². The fourth-order valence-corrected chi connectivity index (χ4v) is 3.20. The van der Waals surface area contributed by atoms with E-state index in [-0.39, 0.29) is 11.5 Å². The molecule has 0 saturated heterocycles. The largest absolute Gasteiger partial charge is 0.327 e. The Balaban J connectivity index is 1.86. The van der Waals surface area contributed by atoms with Crippen molar-refractivity contribution in [2.45, 2.75) is 19.8 Å². The second-order valence-electron chi connectivity index (χ2n) is 5.76. The van der Waals surface area contributed by atoms with Crippen LogP contribution in [0.1, 0.15) is 28.0 Å². The average Bonchev–Trinajstić information content (AvgIpc) is 2.95. The third-order valence-corrected chi connectivity index (χ3v) is 4.31. The molecule has 4 rings (SSSR count). The molecule has 6 heteroatoms. The molecule has 0 aromatic carbocycles. The summed E-state index contributed by atoms with van der Waals surface area (Å²) < 4.78 is 1.88. The Bertz CT molecular complexity index is 970. The first-order valence-electron chi connectivity index (χ1n) is 7.62. The third kappa shape index (κ3) is 2.06. The molecule has 0 unspecified atom stereocenters. The van der Waals surface area contributed by atoms with Gasteiger partial charge in [0.05, 0.1) is 5.56 Å². The highest BCUT2D eigenvalue weighted by Crippen LogP contribution is 2.25. The number of imidazole rings is 1. The number of H-pyrrole nitrogens is 1. The summed E-state index contributed by atoms with van der Waals surface area (Å²) in [6.45, 7) is 2.48. The monoisotopic (exact) mass is 308 g/mol. The fourth-order valence-electron chi connectivity index (χ4n) is 3.20. The Morgan fingerprint density at radius 1 is 1.35 bits per heavy atom. The van der Waals surface area contributed by atoms with Crippen molar-refractivity contribution in [3.63, 3.8) is 0 Å². The maximum absolute atomic E-state index is 13.1. The minimum absolute atomic E-state index is 0.182. The summed E-state index contributed by atoms with van der Waals surface area (Å²) in [6.07, 6.45) is 6.91. The van der Waals surface area contributed by atoms with Crippen LogP contribution < -0.4 is 10.5 Å². The van der Waals surface area contributed by atoms with Gasteiger partial charge in [-0.1, -0.05) is 0 Å². The number of aromatic amines is 1. The van der Waals surface area contributed by atoms with Crippen LogP contribution in [0.2, 0.25) is 0 Å². The van der Waals surface area contributed by atoms with Crippen LogP contribution in [0.5, 0.6) is 0 Å². The number of amides is 1. The van der Waals surface area contributed by atoms with Crippen molar-refractivity contribution < 1.29 is 4.79 Å². The smallest absolute Gasteiger partial charge is 0.272 e. The molecule has 4 heterocycles. The number of hydrogen-bond acceptors (Lipinski definition) is 3. The quantitative estimate of drug-likeness (QED) is 0.746. The molecule has 0 bridgehead atoms. The Hall–Kier alpha value is -2.89. The molecule has 6 nitrogen and oxygen atoms in total. The molecule has 0 atom stereocenters. The molecule has 0 aliphatic carbocycles. The summed E-state index contributed by atoms with van der Waals surface area (Å²) in [6, 6.07) is 5.46. The van der Waals surface area contributed by atoms with Crippen LogP contribution in [0.15, 0.2) is 41.6 Å². The van der Waals surface area contributed by atoms with Gasteiger partial charge in [-0.2, -0.15) is 0 Å². The van der Waals surface area contributed by atoms with Crippen molar-refractivity contribution in [2.75, 3.05) is 11.4 Å². The first-order chi connectivity index (χ1) is 11.2. The number of carbonyl (C=O) groups is 1. The second kappa shape index (κ2) is 5.08. The number of nitrogens with one attached hydrogen (secondary N) is 1. The van der Waals surface area contributed by atoms with E-state index in [1.165, 1.54) is 0 Å². The predicted molar refractivity (Wildman–Crippen MR) is 87.0 cm³/mol. The van der Waals surface area contributed by atoms with Crippen molar-refractivity contribution in [1.29, 1.82) is 0 Å². The van der Waals surface area contributed by atoms with Crippen molar-refractivity contribution in [2.24, 2.45) is 0 Å². The number of aromatic nitrogens is 3. The van der Waals surface area contributed by atoms with E-state index in [0.717, 1.165) is 24.1 Å². The minimum Gasteiger partial charge on any atom is -0.327 e. The number of aryl methyl sites for hydroxylation is 2. The van der Waals surface area contributed by atoms with Crippen molar-refractivity contribution in [3.05, 3.63) is 64.0 Å². The molecule has 3 aromatic heterocycles. The Morgan fingerprint density at radius 2 is 2.22 bits per heavy atom. The maximum atomic E-state index is 13.1. The highest BCUT2D eigenvalue weighted by Gasteiger charge is 2.27. The van der Waals surface area contributed by atoms with Crippen LogP contribution in [0, 0.1) is 6.92 Å². The topological polar surface area (TPSA) is 70.5 Å². The maximum Gasteiger partial charge on any atom is 0.272 e. The molecule has 116 valence electrons. The second-order valence-corrected chi connectivity index (χ2v) is 5.76. The standard InChI is InChI=1S/C17H16N4O2/c1-11-10-19-15-13(5-3-8-20(11)15)17(23)21-9-2-4-12-6-7-18-16(22)14(12)21/h3,5-8,10H,2,4,9H2,1H3,(H,18,22). The predicted octanol–water partition coefficient (Wildman–Crippen LogP) is 1.92. The van der Waals surface area contributed by atoms with Crippen molar-refractivity contribution >= 4 is 17.2 Å². The van der Waals surface area contributed by atoms with Gasteiger partial charge in [0.25, 0.3) is 11.5 Å². The van der Waals surface area contributed by atoms with Crippen LogP contribution >= 0.6 is 0 Å². The minimum atomic E-state index is -0.220. The lowest BCUT2D eigenvalue weighted by Crippen LogP contribution is -2.39. The molecule has 1 N–H and O–H groups in total. The lowest BCUT2D eigenvalue weighted by Gasteiger charge is -2.28. The van der Waals surface area contributed by atoms with E-state index in [1.807, 2.05) is 29.7 Å². The van der Waals surface area contributed by atoms with Gasteiger partial charge >= 0.3 is 0 Å². The van der Waals surface area contributed by atoms with Crippen LogP contribution in [-0.4, -0.2) is 26.8 Å². The highest BCUT2D eigenvalue weighted by molar-refractivity contribution is 6.10. The van der Waals surface area contributed by atoms with Gasteiger partial charge in [0, 0.05) is 30.8 Å². The molecular weight excluding hydrogens is 292 g/mol. The van der Waals surface area contributed by atoms with Gasteiger partial charge in [-0.25, -0.2) is 4.98 Å². The van der Waals surface area contributed by atoms with Gasteiger partial charge < -0.3 is 14.3 Å². The number of anilines is 1. The number of fused-ring (bicyclic) bond motifs is 2. The zero-order valence-electron chi connectivity index (χ0n) is 12.7. The molecule has 0 saturated carbocycles. The molecule has 1 amide bonds. The van der Waals surface area contributed by atoms with Gasteiger partial charge in [-0.05, 0) is 43.5 Å². The van der Waals surface area contributed by atoms with Gasteiger partial charge in [-0.15, -0.1) is 0 Å². The van der Waals surface area contributed by atoms with Gasteiger partial charge in [0.15, 0.2) is 0 Å². The number of hydrogen-bond donors (Lipinski definition) is 1. The summed E-state index contributed by atoms with van der Waals surface area (Å²) >= 11 is 0. The molecule has 0 fully saturated rings.